The second-order valence-corrected chi connectivity index (χ2v) is 3.71. The van der Waals surface area contributed by atoms with Crippen molar-refractivity contribution in [1.29, 1.82) is 0 Å². The molecule has 0 spiro atoms. The lowest BCUT2D eigenvalue weighted by molar-refractivity contribution is -0.0850. The maximum atomic E-state index is 13.5. The van der Waals surface area contributed by atoms with E-state index in [4.69, 9.17) is 10.2 Å². The van der Waals surface area contributed by atoms with Gasteiger partial charge in [0.15, 0.2) is 5.76 Å². The van der Waals surface area contributed by atoms with Crippen LogP contribution in [0.15, 0.2) is 16.5 Å². The Kier molecular flexibility index (Phi) is 2.20. The molecule has 1 aromatic heterocycles. The van der Waals surface area contributed by atoms with Crippen molar-refractivity contribution in [3.05, 3.63) is 23.7 Å². The highest BCUT2D eigenvalue weighted by Crippen LogP contribution is 2.37. The Morgan fingerprint density at radius 2 is 1.85 bits per heavy atom. The number of rotatable bonds is 2. The number of alkyl halides is 2. The van der Waals surface area contributed by atoms with Gasteiger partial charge in [-0.25, -0.2) is 0 Å². The average Bonchev–Trinajstić information content (AvgIpc) is 2.33. The highest BCUT2D eigenvalue weighted by Gasteiger charge is 2.48. The van der Waals surface area contributed by atoms with Gasteiger partial charge in [0.1, 0.15) is 5.76 Å². The Labute approximate surface area is 75.7 Å². The van der Waals surface area contributed by atoms with Crippen molar-refractivity contribution in [2.45, 2.75) is 32.2 Å². The van der Waals surface area contributed by atoms with E-state index < -0.39 is 11.5 Å². The van der Waals surface area contributed by atoms with Crippen molar-refractivity contribution in [2.75, 3.05) is 0 Å². The van der Waals surface area contributed by atoms with Crippen LogP contribution in [-0.4, -0.2) is 5.54 Å². The summed E-state index contributed by atoms with van der Waals surface area (Å²) < 4.78 is 31.8. The number of nitrogens with two attached hydrogens (primary N) is 1. The number of hydrogen-bond acceptors (Lipinski definition) is 2. The predicted octanol–water partition coefficient (Wildman–Crippen LogP) is 2.42. The fraction of sp³-hybridized carbons (Fsp3) is 0.556. The van der Waals surface area contributed by atoms with Gasteiger partial charge >= 0.3 is 5.92 Å². The predicted molar refractivity (Wildman–Crippen MR) is 45.6 cm³/mol. The molecule has 0 fully saturated rings. The minimum atomic E-state index is -3.14. The molecular weight excluding hydrogens is 176 g/mol. The van der Waals surface area contributed by atoms with Crippen LogP contribution in [0.1, 0.15) is 25.4 Å². The lowest BCUT2D eigenvalue weighted by Crippen LogP contribution is -2.48. The molecule has 74 valence electrons. The molecule has 13 heavy (non-hydrogen) atoms. The van der Waals surface area contributed by atoms with Crippen molar-refractivity contribution in [3.63, 3.8) is 0 Å². The molecule has 1 aromatic rings. The Balaban J connectivity index is 3.07. The summed E-state index contributed by atoms with van der Waals surface area (Å²) in [4.78, 5) is 0. The molecule has 0 saturated carbocycles. The Hall–Kier alpha value is -0.900. The molecule has 0 amide bonds. The molecule has 0 bridgehead atoms. The molecule has 0 unspecified atom stereocenters. The molecule has 0 saturated heterocycles. The summed E-state index contributed by atoms with van der Waals surface area (Å²) in [7, 11) is 0. The van der Waals surface area contributed by atoms with Crippen LogP contribution in [0.4, 0.5) is 8.78 Å². The molecular formula is C9H13F2NO. The third-order valence-electron chi connectivity index (χ3n) is 1.86. The summed E-state index contributed by atoms with van der Waals surface area (Å²) in [6, 6.07) is 2.75. The van der Waals surface area contributed by atoms with Crippen LogP contribution in [0, 0.1) is 6.92 Å². The second-order valence-electron chi connectivity index (χ2n) is 3.71. The van der Waals surface area contributed by atoms with Crippen molar-refractivity contribution in [3.8, 4) is 0 Å². The summed E-state index contributed by atoms with van der Waals surface area (Å²) in [5.41, 5.74) is 3.73. The van der Waals surface area contributed by atoms with E-state index in [0.29, 0.717) is 5.76 Å². The Morgan fingerprint density at radius 1 is 1.31 bits per heavy atom. The molecule has 0 aliphatic carbocycles. The molecule has 0 atom stereocenters. The smallest absolute Gasteiger partial charge is 0.321 e. The van der Waals surface area contributed by atoms with Crippen LogP contribution >= 0.6 is 0 Å². The maximum Gasteiger partial charge on any atom is 0.321 e. The van der Waals surface area contributed by atoms with Crippen LogP contribution in [0.25, 0.3) is 0 Å². The third kappa shape index (κ3) is 1.72. The van der Waals surface area contributed by atoms with E-state index >= 15 is 0 Å². The summed E-state index contributed by atoms with van der Waals surface area (Å²) in [6.07, 6.45) is 0. The summed E-state index contributed by atoms with van der Waals surface area (Å²) >= 11 is 0. The van der Waals surface area contributed by atoms with Gasteiger partial charge in [0.2, 0.25) is 0 Å². The first-order valence-corrected chi connectivity index (χ1v) is 3.99. The standard InChI is InChI=1S/C9H13F2NO/c1-6-4-5-7(13-6)9(10,11)8(2,3)12/h4-5H,12H2,1-3H3. The molecule has 1 rings (SSSR count). The molecule has 0 aliphatic rings. The average molecular weight is 189 g/mol. The monoisotopic (exact) mass is 189 g/mol. The number of furan rings is 1. The van der Waals surface area contributed by atoms with Gasteiger partial charge in [-0.05, 0) is 32.9 Å². The van der Waals surface area contributed by atoms with Crippen LogP contribution in [0.2, 0.25) is 0 Å². The molecule has 0 radical (unpaired) electrons. The van der Waals surface area contributed by atoms with Gasteiger partial charge < -0.3 is 10.2 Å². The van der Waals surface area contributed by atoms with E-state index in [1.165, 1.54) is 26.0 Å². The first-order chi connectivity index (χ1) is 5.75. The largest absolute Gasteiger partial charge is 0.460 e. The molecule has 1 heterocycles. The Bertz CT molecular complexity index is 299. The first-order valence-electron chi connectivity index (χ1n) is 3.99. The van der Waals surface area contributed by atoms with Gasteiger partial charge in [0.05, 0.1) is 5.54 Å². The molecule has 2 N–H and O–H groups in total. The fourth-order valence-electron chi connectivity index (χ4n) is 0.921. The van der Waals surface area contributed by atoms with Gasteiger partial charge in [-0.15, -0.1) is 0 Å². The summed E-state index contributed by atoms with van der Waals surface area (Å²) in [6.45, 7) is 4.15. The number of hydrogen-bond donors (Lipinski definition) is 1. The topological polar surface area (TPSA) is 39.2 Å². The highest BCUT2D eigenvalue weighted by atomic mass is 19.3. The van der Waals surface area contributed by atoms with E-state index in [1.54, 1.807) is 6.92 Å². The van der Waals surface area contributed by atoms with E-state index in [9.17, 15) is 8.78 Å². The summed E-state index contributed by atoms with van der Waals surface area (Å²) in [5.74, 6) is -3.06. The van der Waals surface area contributed by atoms with E-state index in [2.05, 4.69) is 0 Å². The number of aryl methyl sites for hydroxylation is 1. The normalized spacial score (nSPS) is 13.4. The van der Waals surface area contributed by atoms with Crippen molar-refractivity contribution < 1.29 is 13.2 Å². The van der Waals surface area contributed by atoms with Gasteiger partial charge in [-0.3, -0.25) is 0 Å². The Morgan fingerprint density at radius 3 is 2.15 bits per heavy atom. The lowest BCUT2D eigenvalue weighted by atomic mass is 9.96. The summed E-state index contributed by atoms with van der Waals surface area (Å²) in [5, 5.41) is 0. The SMILES string of the molecule is Cc1ccc(C(F)(F)C(C)(C)N)o1. The first kappa shape index (κ1) is 10.2. The second kappa shape index (κ2) is 2.80. The zero-order valence-corrected chi connectivity index (χ0v) is 7.90. The van der Waals surface area contributed by atoms with Gasteiger partial charge in [0, 0.05) is 0 Å². The van der Waals surface area contributed by atoms with Crippen molar-refractivity contribution in [2.24, 2.45) is 5.73 Å². The maximum absolute atomic E-state index is 13.5. The van der Waals surface area contributed by atoms with Gasteiger partial charge in [-0.1, -0.05) is 0 Å². The van der Waals surface area contributed by atoms with E-state index in [1.807, 2.05) is 0 Å². The van der Waals surface area contributed by atoms with Crippen LogP contribution in [-0.2, 0) is 5.92 Å². The third-order valence-corrected chi connectivity index (χ3v) is 1.86. The van der Waals surface area contributed by atoms with Crippen LogP contribution in [0.3, 0.4) is 0 Å². The molecule has 2 nitrogen and oxygen atoms in total. The minimum Gasteiger partial charge on any atom is -0.460 e. The zero-order valence-electron chi connectivity index (χ0n) is 7.90. The quantitative estimate of drug-likeness (QED) is 0.775. The van der Waals surface area contributed by atoms with Gasteiger partial charge in [0.25, 0.3) is 0 Å². The fourth-order valence-corrected chi connectivity index (χ4v) is 0.921. The van der Waals surface area contributed by atoms with Crippen LogP contribution in [0.5, 0.6) is 0 Å². The van der Waals surface area contributed by atoms with E-state index in [0.717, 1.165) is 0 Å². The minimum absolute atomic E-state index is 0.377. The van der Waals surface area contributed by atoms with Crippen molar-refractivity contribution in [1.82, 2.24) is 0 Å². The van der Waals surface area contributed by atoms with Crippen molar-refractivity contribution >= 4 is 0 Å². The molecule has 0 aromatic carbocycles. The number of halogens is 2. The highest BCUT2D eigenvalue weighted by molar-refractivity contribution is 5.15. The van der Waals surface area contributed by atoms with E-state index in [-0.39, 0.29) is 5.76 Å². The molecule has 4 heteroatoms. The van der Waals surface area contributed by atoms with Crippen LogP contribution < -0.4 is 5.73 Å². The zero-order chi connectivity index (χ0) is 10.3. The molecule has 0 aliphatic heterocycles. The lowest BCUT2D eigenvalue weighted by Gasteiger charge is -2.28. The van der Waals surface area contributed by atoms with Gasteiger partial charge in [-0.2, -0.15) is 8.78 Å².